The molecular weight excluding hydrogens is 375 g/mol. The van der Waals surface area contributed by atoms with Crippen LogP contribution in [0.25, 0.3) is 0 Å². The van der Waals surface area contributed by atoms with Crippen molar-refractivity contribution in [3.05, 3.63) is 57.0 Å². The van der Waals surface area contributed by atoms with Crippen LogP contribution in [0, 0.1) is 0 Å². The number of hydrogen-bond acceptors (Lipinski definition) is 2. The Morgan fingerprint density at radius 3 is 2.43 bits per heavy atom. The Morgan fingerprint density at radius 1 is 1.05 bits per heavy atom. The SMILES string of the molecule is COc1ccc(CC(Cl)c2cc(Br)ccc2Cl)cc1OC. The molecule has 1 unspecified atom stereocenters. The van der Waals surface area contributed by atoms with E-state index in [0.717, 1.165) is 15.6 Å². The zero-order chi connectivity index (χ0) is 15.4. The fourth-order valence-electron chi connectivity index (χ4n) is 2.08. The third-order valence-corrected chi connectivity index (χ3v) is 4.39. The first kappa shape index (κ1) is 16.5. The summed E-state index contributed by atoms with van der Waals surface area (Å²) >= 11 is 16.2. The standard InChI is InChI=1S/C16H15BrCl2O2/c1-20-15-6-3-10(8-16(15)21-2)7-14(19)12-9-11(17)4-5-13(12)18/h3-6,8-9,14H,7H2,1-2H3. The van der Waals surface area contributed by atoms with Gasteiger partial charge in [-0.25, -0.2) is 0 Å². The zero-order valence-electron chi connectivity index (χ0n) is 11.7. The van der Waals surface area contributed by atoms with Gasteiger partial charge in [0.25, 0.3) is 0 Å². The minimum Gasteiger partial charge on any atom is -0.493 e. The summed E-state index contributed by atoms with van der Waals surface area (Å²) in [6.07, 6.45) is 0.651. The number of alkyl halides is 1. The highest BCUT2D eigenvalue weighted by Gasteiger charge is 2.14. The van der Waals surface area contributed by atoms with Crippen molar-refractivity contribution in [3.63, 3.8) is 0 Å². The molecule has 2 aromatic rings. The van der Waals surface area contributed by atoms with Crippen molar-refractivity contribution < 1.29 is 9.47 Å². The Balaban J connectivity index is 2.23. The maximum Gasteiger partial charge on any atom is 0.160 e. The van der Waals surface area contributed by atoms with Crippen molar-refractivity contribution in [1.82, 2.24) is 0 Å². The van der Waals surface area contributed by atoms with Crippen molar-refractivity contribution >= 4 is 39.1 Å². The minimum atomic E-state index is -0.215. The Bertz CT molecular complexity index is 632. The van der Waals surface area contributed by atoms with Crippen LogP contribution in [0.5, 0.6) is 11.5 Å². The second-order valence-electron chi connectivity index (χ2n) is 4.53. The van der Waals surface area contributed by atoms with Crippen LogP contribution in [-0.4, -0.2) is 14.2 Å². The predicted molar refractivity (Wildman–Crippen MR) is 91.0 cm³/mol. The lowest BCUT2D eigenvalue weighted by Crippen LogP contribution is -1.98. The van der Waals surface area contributed by atoms with Gasteiger partial charge in [-0.1, -0.05) is 33.6 Å². The Morgan fingerprint density at radius 2 is 1.76 bits per heavy atom. The summed E-state index contributed by atoms with van der Waals surface area (Å²) in [4.78, 5) is 0. The molecule has 5 heteroatoms. The van der Waals surface area contributed by atoms with Gasteiger partial charge >= 0.3 is 0 Å². The summed E-state index contributed by atoms with van der Waals surface area (Å²) in [6.45, 7) is 0. The van der Waals surface area contributed by atoms with E-state index in [-0.39, 0.29) is 5.38 Å². The molecule has 2 aromatic carbocycles. The van der Waals surface area contributed by atoms with Crippen molar-refractivity contribution in [1.29, 1.82) is 0 Å². The van der Waals surface area contributed by atoms with Crippen LogP contribution < -0.4 is 9.47 Å². The van der Waals surface area contributed by atoms with E-state index >= 15 is 0 Å². The quantitative estimate of drug-likeness (QED) is 0.615. The molecule has 0 aliphatic carbocycles. The Labute approximate surface area is 143 Å². The second-order valence-corrected chi connectivity index (χ2v) is 6.38. The lowest BCUT2D eigenvalue weighted by atomic mass is 10.0. The van der Waals surface area contributed by atoms with E-state index < -0.39 is 0 Å². The first-order valence-corrected chi connectivity index (χ1v) is 7.95. The fourth-order valence-corrected chi connectivity index (χ4v) is 3.12. The molecule has 0 bridgehead atoms. The topological polar surface area (TPSA) is 18.5 Å². The second kappa shape index (κ2) is 7.39. The van der Waals surface area contributed by atoms with Gasteiger partial charge in [-0.3, -0.25) is 0 Å². The highest BCUT2D eigenvalue weighted by molar-refractivity contribution is 9.10. The number of methoxy groups -OCH3 is 2. The summed E-state index contributed by atoms with van der Waals surface area (Å²) in [6, 6.07) is 11.5. The lowest BCUT2D eigenvalue weighted by Gasteiger charge is -2.14. The summed E-state index contributed by atoms with van der Waals surface area (Å²) in [7, 11) is 3.23. The first-order chi connectivity index (χ1) is 10.0. The highest BCUT2D eigenvalue weighted by Crippen LogP contribution is 2.35. The van der Waals surface area contributed by atoms with Crippen LogP contribution in [0.1, 0.15) is 16.5 Å². The van der Waals surface area contributed by atoms with Crippen LogP contribution in [0.3, 0.4) is 0 Å². The van der Waals surface area contributed by atoms with E-state index in [1.807, 2.05) is 36.4 Å². The molecule has 0 spiro atoms. The minimum absolute atomic E-state index is 0.215. The molecule has 0 aliphatic rings. The van der Waals surface area contributed by atoms with E-state index in [9.17, 15) is 0 Å². The molecule has 0 aromatic heterocycles. The molecule has 2 nitrogen and oxygen atoms in total. The average Bonchev–Trinajstić information content (AvgIpc) is 2.49. The van der Waals surface area contributed by atoms with Gasteiger partial charge in [0.15, 0.2) is 11.5 Å². The number of rotatable bonds is 5. The van der Waals surface area contributed by atoms with Crippen LogP contribution in [0.15, 0.2) is 40.9 Å². The lowest BCUT2D eigenvalue weighted by molar-refractivity contribution is 0.354. The first-order valence-electron chi connectivity index (χ1n) is 6.35. The van der Waals surface area contributed by atoms with E-state index in [4.69, 9.17) is 32.7 Å². The molecular formula is C16H15BrCl2O2. The van der Waals surface area contributed by atoms with Crippen LogP contribution in [0.2, 0.25) is 5.02 Å². The number of hydrogen-bond donors (Lipinski definition) is 0. The zero-order valence-corrected chi connectivity index (χ0v) is 14.8. The van der Waals surface area contributed by atoms with Gasteiger partial charge < -0.3 is 9.47 Å². The molecule has 2 rings (SSSR count). The summed E-state index contributed by atoms with van der Waals surface area (Å²) in [5.74, 6) is 1.40. The van der Waals surface area contributed by atoms with Crippen molar-refractivity contribution in [2.45, 2.75) is 11.8 Å². The molecule has 21 heavy (non-hydrogen) atoms. The number of benzene rings is 2. The van der Waals surface area contributed by atoms with Crippen LogP contribution >= 0.6 is 39.1 Å². The van der Waals surface area contributed by atoms with Crippen molar-refractivity contribution in [2.75, 3.05) is 14.2 Å². The fraction of sp³-hybridized carbons (Fsp3) is 0.250. The van der Waals surface area contributed by atoms with Gasteiger partial charge in [-0.15, -0.1) is 11.6 Å². The maximum atomic E-state index is 6.51. The molecule has 0 radical (unpaired) electrons. The number of ether oxygens (including phenoxy) is 2. The molecule has 0 N–H and O–H groups in total. The Kier molecular flexibility index (Phi) is 5.80. The van der Waals surface area contributed by atoms with E-state index in [2.05, 4.69) is 15.9 Å². The molecule has 0 saturated heterocycles. The monoisotopic (exact) mass is 388 g/mol. The normalized spacial score (nSPS) is 12.0. The largest absolute Gasteiger partial charge is 0.493 e. The predicted octanol–water partition coefficient (Wildman–Crippen LogP) is 5.64. The molecule has 0 fully saturated rings. The van der Waals surface area contributed by atoms with Crippen molar-refractivity contribution in [3.8, 4) is 11.5 Å². The summed E-state index contributed by atoms with van der Waals surface area (Å²) in [5.41, 5.74) is 1.96. The van der Waals surface area contributed by atoms with E-state index in [1.165, 1.54) is 0 Å². The maximum absolute atomic E-state index is 6.51. The van der Waals surface area contributed by atoms with E-state index in [0.29, 0.717) is 22.9 Å². The smallest absolute Gasteiger partial charge is 0.160 e. The molecule has 0 aliphatic heterocycles. The molecule has 0 heterocycles. The van der Waals surface area contributed by atoms with Gasteiger partial charge in [0.2, 0.25) is 0 Å². The Hall–Kier alpha value is -0.900. The highest BCUT2D eigenvalue weighted by atomic mass is 79.9. The third-order valence-electron chi connectivity index (χ3n) is 3.16. The molecule has 1 atom stereocenters. The average molecular weight is 390 g/mol. The number of halogens is 3. The van der Waals surface area contributed by atoms with Crippen molar-refractivity contribution in [2.24, 2.45) is 0 Å². The van der Waals surface area contributed by atoms with Crippen LogP contribution in [-0.2, 0) is 6.42 Å². The molecule has 0 saturated carbocycles. The summed E-state index contributed by atoms with van der Waals surface area (Å²) in [5, 5.41) is 0.451. The van der Waals surface area contributed by atoms with Gasteiger partial charge in [0.05, 0.1) is 19.6 Å². The van der Waals surface area contributed by atoms with E-state index in [1.54, 1.807) is 14.2 Å². The molecule has 0 amide bonds. The van der Waals surface area contributed by atoms with Gasteiger partial charge in [0, 0.05) is 9.50 Å². The third kappa shape index (κ3) is 4.06. The van der Waals surface area contributed by atoms with Gasteiger partial charge in [-0.2, -0.15) is 0 Å². The van der Waals surface area contributed by atoms with Crippen LogP contribution in [0.4, 0.5) is 0 Å². The summed E-state index contributed by atoms with van der Waals surface area (Å²) < 4.78 is 11.5. The van der Waals surface area contributed by atoms with Gasteiger partial charge in [-0.05, 0) is 47.9 Å². The van der Waals surface area contributed by atoms with Gasteiger partial charge in [0.1, 0.15) is 0 Å². The molecule has 112 valence electrons.